The minimum atomic E-state index is -4.96. The van der Waals surface area contributed by atoms with Crippen LogP contribution in [-0.2, 0) is 65.4 Å². The molecule has 0 radical (unpaired) electrons. The van der Waals surface area contributed by atoms with Gasteiger partial charge in [0.1, 0.15) is 19.3 Å². The summed E-state index contributed by atoms with van der Waals surface area (Å²) in [5, 5.41) is 10.6. The molecule has 0 heterocycles. The molecule has 19 heteroatoms. The van der Waals surface area contributed by atoms with E-state index in [1.807, 2.05) is 0 Å². The Balaban J connectivity index is 5.21. The van der Waals surface area contributed by atoms with Crippen LogP contribution in [0.3, 0.4) is 0 Å². The van der Waals surface area contributed by atoms with E-state index in [-0.39, 0.29) is 25.7 Å². The molecule has 3 N–H and O–H groups in total. The molecule has 0 aliphatic rings. The molecule has 0 aromatic heterocycles. The lowest BCUT2D eigenvalue weighted by Gasteiger charge is -2.21. The Morgan fingerprint density at radius 1 is 0.290 bits per heavy atom. The van der Waals surface area contributed by atoms with E-state index in [9.17, 15) is 43.2 Å². The van der Waals surface area contributed by atoms with Gasteiger partial charge >= 0.3 is 39.5 Å². The number of phosphoric ester groups is 2. The van der Waals surface area contributed by atoms with E-state index in [2.05, 4.69) is 41.5 Å². The Labute approximate surface area is 613 Å². The molecule has 594 valence electrons. The predicted octanol–water partition coefficient (Wildman–Crippen LogP) is 24.3. The fourth-order valence-electron chi connectivity index (χ4n) is 12.5. The fraction of sp³-hybridized carbons (Fsp3) is 0.951. The van der Waals surface area contributed by atoms with E-state index in [4.69, 9.17) is 37.0 Å². The highest BCUT2D eigenvalue weighted by Crippen LogP contribution is 2.45. The standard InChI is InChI=1S/C81H158O17P2/c1-7-10-12-14-16-18-20-21-22-23-24-25-26-27-28-29-30-32-41-47-53-59-65-80(85)97-76(70-92-79(84)64-58-52-46-40-36-34-38-44-50-56-62-74(6)9-3)71-95-99(87,88)93-67-75(82)68-94-100(89,90)96-72-77(69-91-78(83)63-57-51-45-39-31-19-17-15-13-11-8-2)98-81(86)66-60-54-48-42-35-33-37-43-49-55-61-73(4)5/h73-77,82H,7-72H2,1-6H3,(H,87,88)(H,89,90)/t74?,75-,76-,77-/m1/s1. The van der Waals surface area contributed by atoms with Crippen LogP contribution in [0.25, 0.3) is 0 Å². The van der Waals surface area contributed by atoms with Gasteiger partial charge in [0.15, 0.2) is 12.2 Å². The summed E-state index contributed by atoms with van der Waals surface area (Å²) in [6.07, 6.45) is 62.4. The second kappa shape index (κ2) is 72.6. The van der Waals surface area contributed by atoms with Crippen molar-refractivity contribution in [2.75, 3.05) is 39.6 Å². The predicted molar refractivity (Wildman–Crippen MR) is 409 cm³/mol. The van der Waals surface area contributed by atoms with Gasteiger partial charge in [-0.25, -0.2) is 9.13 Å². The molecule has 6 atom stereocenters. The molecular weight excluding hydrogens is 1310 g/mol. The van der Waals surface area contributed by atoms with E-state index in [1.54, 1.807) is 0 Å². The average Bonchev–Trinajstić information content (AvgIpc) is 0.921. The van der Waals surface area contributed by atoms with Crippen molar-refractivity contribution in [2.24, 2.45) is 11.8 Å². The molecule has 100 heavy (non-hydrogen) atoms. The van der Waals surface area contributed by atoms with Gasteiger partial charge in [-0.05, 0) is 37.5 Å². The number of aliphatic hydroxyl groups is 1. The maximum atomic E-state index is 13.1. The molecule has 0 aliphatic carbocycles. The van der Waals surface area contributed by atoms with Gasteiger partial charge in [-0.3, -0.25) is 37.3 Å². The van der Waals surface area contributed by atoms with Gasteiger partial charge in [0.2, 0.25) is 0 Å². The van der Waals surface area contributed by atoms with Gasteiger partial charge in [-0.15, -0.1) is 0 Å². The summed E-state index contributed by atoms with van der Waals surface area (Å²) in [6.45, 7) is 9.64. The number of rotatable bonds is 80. The molecule has 0 saturated heterocycles. The first-order chi connectivity index (χ1) is 48.4. The molecule has 0 rings (SSSR count). The van der Waals surface area contributed by atoms with Crippen molar-refractivity contribution in [3.8, 4) is 0 Å². The molecule has 0 aromatic rings. The first-order valence-corrected chi connectivity index (χ1v) is 45.0. The van der Waals surface area contributed by atoms with Crippen molar-refractivity contribution in [3.63, 3.8) is 0 Å². The zero-order valence-corrected chi connectivity index (χ0v) is 67.3. The normalized spacial score (nSPS) is 14.2. The molecule has 3 unspecified atom stereocenters. The van der Waals surface area contributed by atoms with Crippen LogP contribution in [-0.4, -0.2) is 96.7 Å². The number of esters is 4. The summed E-state index contributed by atoms with van der Waals surface area (Å²) in [4.78, 5) is 73.0. The number of unbranched alkanes of at least 4 members (excludes halogenated alkanes) is 49. The van der Waals surface area contributed by atoms with Crippen LogP contribution in [0.2, 0.25) is 0 Å². The molecule has 0 spiro atoms. The largest absolute Gasteiger partial charge is 0.472 e. The number of hydrogen-bond acceptors (Lipinski definition) is 15. The fourth-order valence-corrected chi connectivity index (χ4v) is 14.1. The first kappa shape index (κ1) is 98.1. The Morgan fingerprint density at radius 2 is 0.510 bits per heavy atom. The van der Waals surface area contributed by atoms with Crippen molar-refractivity contribution in [1.29, 1.82) is 0 Å². The second-order valence-corrected chi connectivity index (χ2v) is 32.8. The molecular formula is C81H158O17P2. The monoisotopic (exact) mass is 1470 g/mol. The minimum Gasteiger partial charge on any atom is -0.462 e. The van der Waals surface area contributed by atoms with E-state index >= 15 is 0 Å². The summed E-state index contributed by atoms with van der Waals surface area (Å²) in [5.74, 6) is -0.548. The van der Waals surface area contributed by atoms with Gasteiger partial charge in [-0.2, -0.15) is 0 Å². The zero-order chi connectivity index (χ0) is 73.5. The van der Waals surface area contributed by atoms with E-state index < -0.39 is 97.5 Å². The van der Waals surface area contributed by atoms with Crippen LogP contribution in [0, 0.1) is 11.8 Å². The van der Waals surface area contributed by atoms with Crippen LogP contribution >= 0.6 is 15.6 Å². The molecule has 0 aromatic carbocycles. The smallest absolute Gasteiger partial charge is 0.462 e. The summed E-state index contributed by atoms with van der Waals surface area (Å²) < 4.78 is 68.7. The number of hydrogen-bond donors (Lipinski definition) is 3. The molecule has 0 saturated carbocycles. The van der Waals surface area contributed by atoms with Crippen LogP contribution in [0.5, 0.6) is 0 Å². The quantitative estimate of drug-likeness (QED) is 0.0222. The van der Waals surface area contributed by atoms with Gasteiger partial charge < -0.3 is 33.8 Å². The van der Waals surface area contributed by atoms with Crippen LogP contribution in [0.15, 0.2) is 0 Å². The van der Waals surface area contributed by atoms with Crippen molar-refractivity contribution in [2.45, 2.75) is 445 Å². The highest BCUT2D eigenvalue weighted by molar-refractivity contribution is 7.47. The third kappa shape index (κ3) is 73.0. The molecule has 17 nitrogen and oxygen atoms in total. The van der Waals surface area contributed by atoms with Gasteiger partial charge in [0.05, 0.1) is 26.4 Å². The topological polar surface area (TPSA) is 237 Å². The molecule has 0 amide bonds. The number of aliphatic hydroxyl groups excluding tert-OH is 1. The van der Waals surface area contributed by atoms with Crippen LogP contribution in [0.1, 0.15) is 427 Å². The zero-order valence-electron chi connectivity index (χ0n) is 65.5. The summed E-state index contributed by atoms with van der Waals surface area (Å²) >= 11 is 0. The lowest BCUT2D eigenvalue weighted by Crippen LogP contribution is -2.30. The summed E-state index contributed by atoms with van der Waals surface area (Å²) in [7, 11) is -9.92. The van der Waals surface area contributed by atoms with Gasteiger partial charge in [-0.1, -0.05) is 375 Å². The number of ether oxygens (including phenoxy) is 4. The number of carbonyl (C=O) groups excluding carboxylic acids is 4. The second-order valence-electron chi connectivity index (χ2n) is 29.9. The summed E-state index contributed by atoms with van der Waals surface area (Å²) in [6, 6.07) is 0. The van der Waals surface area contributed by atoms with Crippen LogP contribution < -0.4 is 0 Å². The Morgan fingerprint density at radius 3 is 0.760 bits per heavy atom. The van der Waals surface area contributed by atoms with Crippen molar-refractivity contribution < 1.29 is 80.2 Å². The highest BCUT2D eigenvalue weighted by atomic mass is 31.2. The first-order valence-electron chi connectivity index (χ1n) is 42.0. The lowest BCUT2D eigenvalue weighted by molar-refractivity contribution is -0.161. The van der Waals surface area contributed by atoms with Crippen molar-refractivity contribution in [3.05, 3.63) is 0 Å². The Kier molecular flexibility index (Phi) is 71.2. The van der Waals surface area contributed by atoms with Crippen molar-refractivity contribution >= 4 is 39.5 Å². The third-order valence-electron chi connectivity index (χ3n) is 19.3. The summed E-state index contributed by atoms with van der Waals surface area (Å²) in [5.41, 5.74) is 0. The highest BCUT2D eigenvalue weighted by Gasteiger charge is 2.30. The lowest BCUT2D eigenvalue weighted by atomic mass is 9.99. The van der Waals surface area contributed by atoms with E-state index in [1.165, 1.54) is 244 Å². The third-order valence-corrected chi connectivity index (χ3v) is 21.2. The molecule has 0 bridgehead atoms. The van der Waals surface area contributed by atoms with Crippen molar-refractivity contribution in [1.82, 2.24) is 0 Å². The molecule has 0 aliphatic heterocycles. The van der Waals surface area contributed by atoms with E-state index in [0.717, 1.165) is 102 Å². The minimum absolute atomic E-state index is 0.106. The number of phosphoric acid groups is 2. The van der Waals surface area contributed by atoms with Crippen LogP contribution in [0.4, 0.5) is 0 Å². The number of carbonyl (C=O) groups is 4. The van der Waals surface area contributed by atoms with E-state index in [0.29, 0.717) is 25.7 Å². The molecule has 0 fully saturated rings. The SMILES string of the molecule is CCCCCCCCCCCCCCCCCCCCCCCCC(=O)O[C@H](COC(=O)CCCCCCCCCCCCC(C)CC)COP(=O)(O)OC[C@@H](O)COP(=O)(O)OC[C@@H](COC(=O)CCCCCCCCCCCCC)OC(=O)CCCCCCCCCCCCC(C)C. The van der Waals surface area contributed by atoms with Gasteiger partial charge in [0.25, 0.3) is 0 Å². The maximum Gasteiger partial charge on any atom is 0.472 e. The Bertz CT molecular complexity index is 1930. The van der Waals surface area contributed by atoms with Gasteiger partial charge in [0, 0.05) is 25.7 Å². The average molecular weight is 1470 g/mol. The maximum absolute atomic E-state index is 13.1. The Hall–Kier alpha value is -1.94.